The van der Waals surface area contributed by atoms with E-state index < -0.39 is 0 Å². The van der Waals surface area contributed by atoms with Crippen molar-refractivity contribution in [3.05, 3.63) is 82.3 Å². The predicted molar refractivity (Wildman–Crippen MR) is 93.3 cm³/mol. The quantitative estimate of drug-likeness (QED) is 0.727. The minimum absolute atomic E-state index is 0.217. The van der Waals surface area contributed by atoms with Crippen LogP contribution in [0.25, 0.3) is 0 Å². The van der Waals surface area contributed by atoms with Gasteiger partial charge in [0.25, 0.3) is 11.5 Å². The summed E-state index contributed by atoms with van der Waals surface area (Å²) in [5.74, 6) is 0.592. The molecule has 1 aromatic carbocycles. The molecular formula is C18H19N5O2. The Hall–Kier alpha value is -3.22. The van der Waals surface area contributed by atoms with Gasteiger partial charge in [0, 0.05) is 45.0 Å². The van der Waals surface area contributed by atoms with Crippen LogP contribution in [0, 0.1) is 0 Å². The lowest BCUT2D eigenvalue weighted by Gasteiger charge is -2.09. The van der Waals surface area contributed by atoms with Gasteiger partial charge >= 0.3 is 0 Å². The number of carbonyl (C=O) groups excluding carboxylic acids is 1. The second kappa shape index (κ2) is 7.57. The Kier molecular flexibility index (Phi) is 5.03. The average Bonchev–Trinajstić information content (AvgIpc) is 3.05. The van der Waals surface area contributed by atoms with E-state index in [9.17, 15) is 9.59 Å². The fourth-order valence-corrected chi connectivity index (χ4v) is 2.49. The first-order valence-corrected chi connectivity index (χ1v) is 8.00. The highest BCUT2D eigenvalue weighted by atomic mass is 16.2. The number of aromatic nitrogens is 4. The summed E-state index contributed by atoms with van der Waals surface area (Å²) in [6.07, 6.45) is 4.30. The molecule has 0 aliphatic heterocycles. The molecule has 0 spiro atoms. The van der Waals surface area contributed by atoms with Crippen LogP contribution in [-0.2, 0) is 20.0 Å². The molecule has 0 bridgehead atoms. The summed E-state index contributed by atoms with van der Waals surface area (Å²) in [6.45, 7) is 1.18. The van der Waals surface area contributed by atoms with Gasteiger partial charge in [-0.15, -0.1) is 0 Å². The van der Waals surface area contributed by atoms with E-state index in [1.165, 1.54) is 24.7 Å². The van der Waals surface area contributed by atoms with Gasteiger partial charge in [0.15, 0.2) is 0 Å². The first kappa shape index (κ1) is 16.6. The van der Waals surface area contributed by atoms with Crippen LogP contribution in [-0.4, -0.2) is 31.8 Å². The van der Waals surface area contributed by atoms with Crippen LogP contribution in [0.2, 0.25) is 0 Å². The normalized spacial score (nSPS) is 10.6. The van der Waals surface area contributed by atoms with Crippen LogP contribution in [0.4, 0.5) is 0 Å². The van der Waals surface area contributed by atoms with Crippen molar-refractivity contribution in [2.45, 2.75) is 13.0 Å². The molecule has 1 amide bonds. The topological polar surface area (TPSA) is 81.8 Å². The first-order chi connectivity index (χ1) is 12.1. The van der Waals surface area contributed by atoms with Crippen molar-refractivity contribution in [3.63, 3.8) is 0 Å². The molecule has 0 saturated carbocycles. The fourth-order valence-electron chi connectivity index (χ4n) is 2.49. The van der Waals surface area contributed by atoms with Gasteiger partial charge in [-0.2, -0.15) is 5.10 Å². The van der Waals surface area contributed by atoms with Gasteiger partial charge in [-0.3, -0.25) is 9.59 Å². The molecule has 25 heavy (non-hydrogen) atoms. The number of hydrogen-bond donors (Lipinski definition) is 1. The monoisotopic (exact) mass is 337 g/mol. The van der Waals surface area contributed by atoms with E-state index in [2.05, 4.69) is 32.1 Å². The second-order valence-electron chi connectivity index (χ2n) is 5.64. The van der Waals surface area contributed by atoms with E-state index in [0.717, 1.165) is 17.1 Å². The molecule has 2 heterocycles. The summed E-state index contributed by atoms with van der Waals surface area (Å²) in [4.78, 5) is 27.8. The van der Waals surface area contributed by atoms with Gasteiger partial charge in [-0.1, -0.05) is 30.3 Å². The molecule has 3 rings (SSSR count). The lowest BCUT2D eigenvalue weighted by molar-refractivity contribution is 0.0946. The molecule has 1 N–H and O–H groups in total. The molecule has 7 nitrogen and oxygen atoms in total. The third-order valence-corrected chi connectivity index (χ3v) is 3.82. The van der Waals surface area contributed by atoms with Crippen molar-refractivity contribution < 1.29 is 4.79 Å². The molecule has 0 unspecified atom stereocenters. The molecule has 128 valence electrons. The zero-order chi connectivity index (χ0) is 17.6. The molecule has 0 atom stereocenters. The van der Waals surface area contributed by atoms with E-state index in [1.807, 2.05) is 24.4 Å². The fraction of sp³-hybridized carbons (Fsp3) is 0.222. The summed E-state index contributed by atoms with van der Waals surface area (Å²) < 4.78 is 3.20. The Labute approximate surface area is 144 Å². The first-order valence-electron chi connectivity index (χ1n) is 8.00. The molecule has 3 aromatic rings. The van der Waals surface area contributed by atoms with Gasteiger partial charge in [0.2, 0.25) is 0 Å². The maximum absolute atomic E-state index is 12.1. The number of amides is 1. The van der Waals surface area contributed by atoms with Crippen molar-refractivity contribution in [1.29, 1.82) is 0 Å². The van der Waals surface area contributed by atoms with Crippen molar-refractivity contribution in [3.8, 4) is 0 Å². The Morgan fingerprint density at radius 3 is 2.72 bits per heavy atom. The number of imidazole rings is 1. The van der Waals surface area contributed by atoms with Gasteiger partial charge in [-0.25, -0.2) is 9.67 Å². The Morgan fingerprint density at radius 1 is 1.16 bits per heavy atom. The van der Waals surface area contributed by atoms with E-state index in [0.29, 0.717) is 13.0 Å². The van der Waals surface area contributed by atoms with Crippen LogP contribution < -0.4 is 10.9 Å². The van der Waals surface area contributed by atoms with Gasteiger partial charge in [0.1, 0.15) is 11.5 Å². The highest BCUT2D eigenvalue weighted by molar-refractivity contribution is 5.91. The lowest BCUT2D eigenvalue weighted by Crippen LogP contribution is -2.30. The Balaban J connectivity index is 1.57. The minimum Gasteiger partial charge on any atom is -0.350 e. The van der Waals surface area contributed by atoms with Crippen LogP contribution >= 0.6 is 0 Å². The lowest BCUT2D eigenvalue weighted by atomic mass is 10.2. The smallest absolute Gasteiger partial charge is 0.271 e. The summed E-state index contributed by atoms with van der Waals surface area (Å²) in [5.41, 5.74) is 1.16. The summed E-state index contributed by atoms with van der Waals surface area (Å²) in [7, 11) is 1.51. The number of benzene rings is 1. The molecular weight excluding hydrogens is 318 g/mol. The number of rotatable bonds is 6. The average molecular weight is 337 g/mol. The maximum atomic E-state index is 12.1. The number of aryl methyl sites for hydroxylation is 1. The molecule has 2 aromatic heterocycles. The molecule has 0 aliphatic rings. The zero-order valence-corrected chi connectivity index (χ0v) is 13.9. The number of hydrogen-bond acceptors (Lipinski definition) is 4. The highest BCUT2D eigenvalue weighted by Gasteiger charge is 2.09. The largest absolute Gasteiger partial charge is 0.350 e. The van der Waals surface area contributed by atoms with Crippen LogP contribution in [0.5, 0.6) is 0 Å². The predicted octanol–water partition coefficient (Wildman–Crippen LogP) is 0.998. The Bertz CT molecular complexity index is 914. The van der Waals surface area contributed by atoms with E-state index in [1.54, 1.807) is 6.20 Å². The second-order valence-corrected chi connectivity index (χ2v) is 5.64. The summed E-state index contributed by atoms with van der Waals surface area (Å²) >= 11 is 0. The highest BCUT2D eigenvalue weighted by Crippen LogP contribution is 2.06. The van der Waals surface area contributed by atoms with E-state index in [4.69, 9.17) is 0 Å². The number of carbonyl (C=O) groups is 1. The summed E-state index contributed by atoms with van der Waals surface area (Å²) in [6, 6.07) is 12.9. The third-order valence-electron chi connectivity index (χ3n) is 3.82. The minimum atomic E-state index is -0.309. The molecule has 7 heteroatoms. The van der Waals surface area contributed by atoms with Crippen molar-refractivity contribution in [2.75, 3.05) is 6.54 Å². The molecule has 0 radical (unpaired) electrons. The van der Waals surface area contributed by atoms with Crippen molar-refractivity contribution in [1.82, 2.24) is 24.6 Å². The van der Waals surface area contributed by atoms with Gasteiger partial charge in [0.05, 0.1) is 0 Å². The van der Waals surface area contributed by atoms with E-state index in [-0.39, 0.29) is 17.2 Å². The molecule has 0 aliphatic carbocycles. The van der Waals surface area contributed by atoms with Crippen LogP contribution in [0.1, 0.15) is 21.9 Å². The number of nitrogens with one attached hydrogen (secondary N) is 1. The standard InChI is InChI=1S/C18H19N5O2/c1-22-17(24)8-7-15(21-22)18(25)20-10-9-16-19-11-12-23(16)13-14-5-3-2-4-6-14/h2-8,11-12H,9-10,13H2,1H3,(H,20,25). The van der Waals surface area contributed by atoms with Crippen molar-refractivity contribution >= 4 is 5.91 Å². The maximum Gasteiger partial charge on any atom is 0.271 e. The molecule has 0 saturated heterocycles. The third kappa shape index (κ3) is 4.20. The molecule has 0 fully saturated rings. The van der Waals surface area contributed by atoms with Crippen LogP contribution in [0.3, 0.4) is 0 Å². The zero-order valence-electron chi connectivity index (χ0n) is 13.9. The van der Waals surface area contributed by atoms with Crippen LogP contribution in [0.15, 0.2) is 59.7 Å². The Morgan fingerprint density at radius 2 is 1.96 bits per heavy atom. The van der Waals surface area contributed by atoms with Crippen molar-refractivity contribution in [2.24, 2.45) is 7.05 Å². The SMILES string of the molecule is Cn1nc(C(=O)NCCc2nccn2Cc2ccccc2)ccc1=O. The number of nitrogens with zero attached hydrogens (tertiary/aromatic N) is 4. The van der Waals surface area contributed by atoms with Gasteiger partial charge in [-0.05, 0) is 11.6 Å². The van der Waals surface area contributed by atoms with Gasteiger partial charge < -0.3 is 9.88 Å². The summed E-state index contributed by atoms with van der Waals surface area (Å²) in [5, 5.41) is 6.74. The van der Waals surface area contributed by atoms with E-state index >= 15 is 0 Å².